The van der Waals surface area contributed by atoms with Crippen molar-refractivity contribution < 1.29 is 24.2 Å². The van der Waals surface area contributed by atoms with E-state index in [4.69, 9.17) is 9.47 Å². The number of hydrogen-bond donors (Lipinski definition) is 1. The molecule has 294 valence electrons. The van der Waals surface area contributed by atoms with Crippen LogP contribution in [0.4, 0.5) is 0 Å². The fourth-order valence-corrected chi connectivity index (χ4v) is 6.37. The molecule has 0 amide bonds. The average Bonchev–Trinajstić information content (AvgIpc) is 3.12. The predicted octanol–water partition coefficient (Wildman–Crippen LogP) is 13.8. The van der Waals surface area contributed by atoms with Crippen LogP contribution in [0.25, 0.3) is 0 Å². The van der Waals surface area contributed by atoms with Crippen LogP contribution in [0.3, 0.4) is 0 Å². The van der Waals surface area contributed by atoms with E-state index in [1.807, 2.05) is 0 Å². The molecule has 0 fully saturated rings. The molecule has 5 nitrogen and oxygen atoms in total. The summed E-state index contributed by atoms with van der Waals surface area (Å²) in [4.78, 5) is 24.3. The largest absolute Gasteiger partial charge is 0.462 e. The lowest BCUT2D eigenvalue weighted by molar-refractivity contribution is -0.161. The van der Waals surface area contributed by atoms with Crippen molar-refractivity contribution >= 4 is 11.9 Å². The van der Waals surface area contributed by atoms with Gasteiger partial charge in [-0.2, -0.15) is 0 Å². The minimum Gasteiger partial charge on any atom is -0.462 e. The normalized spacial score (nSPS) is 12.3. The molecule has 0 saturated heterocycles. The lowest BCUT2D eigenvalue weighted by atomic mass is 10.0. The second-order valence-electron chi connectivity index (χ2n) is 14.8. The van der Waals surface area contributed by atoms with Crippen LogP contribution in [-0.4, -0.2) is 36.4 Å². The van der Waals surface area contributed by atoms with Gasteiger partial charge < -0.3 is 14.6 Å². The molecule has 0 radical (unpaired) electrons. The molecule has 0 aromatic heterocycles. The van der Waals surface area contributed by atoms with Gasteiger partial charge in [-0.05, 0) is 64.2 Å². The quantitative estimate of drug-likeness (QED) is 0.0390. The van der Waals surface area contributed by atoms with Crippen molar-refractivity contribution in [2.75, 3.05) is 13.2 Å². The van der Waals surface area contributed by atoms with Gasteiger partial charge in [0, 0.05) is 12.8 Å². The molecule has 0 unspecified atom stereocenters. The van der Waals surface area contributed by atoms with Crippen LogP contribution in [-0.2, 0) is 19.1 Å². The molecule has 0 bridgehead atoms. The number of esters is 2. The number of carbonyl (C=O) groups excluding carboxylic acids is 2. The van der Waals surface area contributed by atoms with E-state index in [0.29, 0.717) is 12.8 Å². The molecule has 0 spiro atoms. The van der Waals surface area contributed by atoms with E-state index in [9.17, 15) is 14.7 Å². The molecule has 0 aromatic carbocycles. The minimum atomic E-state index is -0.770. The van der Waals surface area contributed by atoms with Crippen LogP contribution >= 0.6 is 0 Å². The molecule has 1 N–H and O–H groups in total. The van der Waals surface area contributed by atoms with E-state index in [0.717, 1.165) is 38.5 Å². The highest BCUT2D eigenvalue weighted by Crippen LogP contribution is 2.15. The Balaban J connectivity index is 3.50. The second kappa shape index (κ2) is 41.8. The van der Waals surface area contributed by atoms with E-state index >= 15 is 0 Å². The molecular formula is C45H84O5. The topological polar surface area (TPSA) is 72.8 Å². The lowest BCUT2D eigenvalue weighted by Crippen LogP contribution is -2.28. The summed E-state index contributed by atoms with van der Waals surface area (Å²) in [6.45, 7) is 4.14. The van der Waals surface area contributed by atoms with Gasteiger partial charge in [0.15, 0.2) is 6.10 Å². The predicted molar refractivity (Wildman–Crippen MR) is 215 cm³/mol. The summed E-state index contributed by atoms with van der Waals surface area (Å²) in [6, 6.07) is 0. The summed E-state index contributed by atoms with van der Waals surface area (Å²) >= 11 is 0. The van der Waals surface area contributed by atoms with E-state index in [1.54, 1.807) is 0 Å². The van der Waals surface area contributed by atoms with Gasteiger partial charge in [-0.3, -0.25) is 9.59 Å². The Morgan fingerprint density at radius 2 is 0.740 bits per heavy atom. The first-order valence-corrected chi connectivity index (χ1v) is 21.9. The van der Waals surface area contributed by atoms with Crippen LogP contribution < -0.4 is 0 Å². The number of allylic oxidation sites excluding steroid dienone is 4. The number of carbonyl (C=O) groups is 2. The SMILES string of the molecule is CCCCCCC=CCCCCCCCCCC(=O)OC[C@H](CO)OC(=O)CCCCCCCCCCCCCC=CCCCCCCCC. The number of ether oxygens (including phenoxy) is 2. The third-order valence-corrected chi connectivity index (χ3v) is 9.72. The highest BCUT2D eigenvalue weighted by Gasteiger charge is 2.16. The second-order valence-corrected chi connectivity index (χ2v) is 14.8. The maximum atomic E-state index is 12.2. The van der Waals surface area contributed by atoms with Crippen LogP contribution in [0.1, 0.15) is 232 Å². The van der Waals surface area contributed by atoms with Crippen LogP contribution in [0.15, 0.2) is 24.3 Å². The Hall–Kier alpha value is -1.62. The Morgan fingerprint density at radius 1 is 0.440 bits per heavy atom. The molecule has 0 aliphatic rings. The number of rotatable bonds is 40. The zero-order valence-corrected chi connectivity index (χ0v) is 33.4. The fraction of sp³-hybridized carbons (Fsp3) is 0.867. The van der Waals surface area contributed by atoms with Gasteiger partial charge in [0.05, 0.1) is 6.61 Å². The maximum absolute atomic E-state index is 12.2. The van der Waals surface area contributed by atoms with Crippen molar-refractivity contribution in [3.05, 3.63) is 24.3 Å². The van der Waals surface area contributed by atoms with Crippen molar-refractivity contribution in [1.29, 1.82) is 0 Å². The van der Waals surface area contributed by atoms with Crippen molar-refractivity contribution in [2.45, 2.75) is 238 Å². The molecule has 1 atom stereocenters. The number of unbranched alkanes of at least 4 members (excludes halogenated alkanes) is 28. The van der Waals surface area contributed by atoms with Gasteiger partial charge in [0.2, 0.25) is 0 Å². The van der Waals surface area contributed by atoms with Gasteiger partial charge in [0.25, 0.3) is 0 Å². The number of aliphatic hydroxyl groups excluding tert-OH is 1. The van der Waals surface area contributed by atoms with Gasteiger partial charge in [-0.15, -0.1) is 0 Å². The Labute approximate surface area is 311 Å². The van der Waals surface area contributed by atoms with Crippen LogP contribution in [0, 0.1) is 0 Å². The Bertz CT molecular complexity index is 761. The first kappa shape index (κ1) is 48.4. The van der Waals surface area contributed by atoms with Crippen molar-refractivity contribution in [1.82, 2.24) is 0 Å². The molecule has 0 saturated carbocycles. The van der Waals surface area contributed by atoms with Crippen LogP contribution in [0.2, 0.25) is 0 Å². The summed E-state index contributed by atoms with van der Waals surface area (Å²) in [7, 11) is 0. The van der Waals surface area contributed by atoms with E-state index < -0.39 is 6.10 Å². The first-order chi connectivity index (χ1) is 24.6. The van der Waals surface area contributed by atoms with E-state index in [-0.39, 0.29) is 25.2 Å². The third-order valence-electron chi connectivity index (χ3n) is 9.72. The lowest BCUT2D eigenvalue weighted by Gasteiger charge is -2.15. The molecule has 0 heterocycles. The van der Waals surface area contributed by atoms with Crippen molar-refractivity contribution in [3.8, 4) is 0 Å². The zero-order valence-electron chi connectivity index (χ0n) is 33.4. The molecule has 0 aliphatic carbocycles. The maximum Gasteiger partial charge on any atom is 0.306 e. The highest BCUT2D eigenvalue weighted by molar-refractivity contribution is 5.70. The Kier molecular flexibility index (Phi) is 40.4. The molecule has 0 aromatic rings. The van der Waals surface area contributed by atoms with Gasteiger partial charge in [0.1, 0.15) is 6.61 Å². The van der Waals surface area contributed by atoms with Crippen molar-refractivity contribution in [3.63, 3.8) is 0 Å². The summed E-state index contributed by atoms with van der Waals surface area (Å²) in [6.07, 6.45) is 49.6. The standard InChI is InChI=1S/C45H84O5/c1-3-5-7-9-11-13-15-17-19-20-21-22-23-24-26-28-30-32-34-36-38-40-45(48)50-43(41-46)42-49-44(47)39-37-35-33-31-29-27-25-18-16-14-12-10-8-6-4-2/h14,16-17,19,43,46H,3-13,15,18,20-42H2,1-2H3/t43-/m0/s1. The summed E-state index contributed by atoms with van der Waals surface area (Å²) in [5.74, 6) is -0.588. The summed E-state index contributed by atoms with van der Waals surface area (Å²) in [5, 5.41) is 9.58. The van der Waals surface area contributed by atoms with E-state index in [1.165, 1.54) is 167 Å². The zero-order chi connectivity index (χ0) is 36.4. The Morgan fingerprint density at radius 3 is 1.10 bits per heavy atom. The smallest absolute Gasteiger partial charge is 0.306 e. The molecule has 0 rings (SSSR count). The van der Waals surface area contributed by atoms with Crippen molar-refractivity contribution in [2.24, 2.45) is 0 Å². The third kappa shape index (κ3) is 39.2. The first-order valence-electron chi connectivity index (χ1n) is 21.9. The molecular weight excluding hydrogens is 620 g/mol. The summed E-state index contributed by atoms with van der Waals surface area (Å²) < 4.78 is 10.6. The van der Waals surface area contributed by atoms with Gasteiger partial charge in [-0.25, -0.2) is 0 Å². The fourth-order valence-electron chi connectivity index (χ4n) is 6.37. The monoisotopic (exact) mass is 705 g/mol. The molecule has 5 heteroatoms. The highest BCUT2D eigenvalue weighted by atomic mass is 16.6. The number of aliphatic hydroxyl groups is 1. The molecule has 0 aliphatic heterocycles. The average molecular weight is 705 g/mol. The van der Waals surface area contributed by atoms with Gasteiger partial charge >= 0.3 is 11.9 Å². The minimum absolute atomic E-state index is 0.0649. The van der Waals surface area contributed by atoms with Crippen LogP contribution in [0.5, 0.6) is 0 Å². The number of hydrogen-bond acceptors (Lipinski definition) is 5. The van der Waals surface area contributed by atoms with Gasteiger partial charge in [-0.1, -0.05) is 179 Å². The molecule has 50 heavy (non-hydrogen) atoms. The van der Waals surface area contributed by atoms with E-state index in [2.05, 4.69) is 38.2 Å². The summed E-state index contributed by atoms with van der Waals surface area (Å²) in [5.41, 5.74) is 0.